The number of hydrogen-bond donors (Lipinski definition) is 1. The van der Waals surface area contributed by atoms with Crippen LogP contribution in [-0.4, -0.2) is 18.3 Å². The van der Waals surface area contributed by atoms with Crippen LogP contribution in [0.2, 0.25) is 5.02 Å². The molecule has 1 N–H and O–H groups in total. The molecule has 0 saturated carbocycles. The molecule has 20 heavy (non-hydrogen) atoms. The number of methoxy groups -OCH3 is 1. The summed E-state index contributed by atoms with van der Waals surface area (Å²) in [5, 5.41) is 10.9. The zero-order valence-electron chi connectivity index (χ0n) is 11.1. The molecule has 0 bridgehead atoms. The van der Waals surface area contributed by atoms with E-state index in [0.29, 0.717) is 17.9 Å². The Kier molecular flexibility index (Phi) is 5.46. The van der Waals surface area contributed by atoms with Crippen LogP contribution >= 0.6 is 27.5 Å². The Bertz CT molecular complexity index is 569. The lowest BCUT2D eigenvalue weighted by molar-refractivity contribution is 0.175. The van der Waals surface area contributed by atoms with Gasteiger partial charge in [-0.05, 0) is 54.3 Å². The van der Waals surface area contributed by atoms with Crippen LogP contribution in [0.15, 0.2) is 46.9 Å². The zero-order chi connectivity index (χ0) is 14.5. The second-order valence-electron chi connectivity index (χ2n) is 4.65. The fourth-order valence-electron chi connectivity index (χ4n) is 2.05. The minimum absolute atomic E-state index is 0.445. The molecular weight excluding hydrogens is 340 g/mol. The molecule has 0 saturated heterocycles. The van der Waals surface area contributed by atoms with E-state index >= 15 is 0 Å². The van der Waals surface area contributed by atoms with E-state index < -0.39 is 6.10 Å². The predicted molar refractivity (Wildman–Crippen MR) is 85.6 cm³/mol. The first-order chi connectivity index (χ1) is 9.58. The molecule has 0 aliphatic rings. The van der Waals surface area contributed by atoms with E-state index in [-0.39, 0.29) is 0 Å². The Morgan fingerprint density at radius 2 is 1.85 bits per heavy atom. The molecule has 1 unspecified atom stereocenters. The number of benzene rings is 2. The highest BCUT2D eigenvalue weighted by Gasteiger charge is 2.10. The molecule has 0 spiro atoms. The van der Waals surface area contributed by atoms with Crippen molar-refractivity contribution in [1.82, 2.24) is 0 Å². The van der Waals surface area contributed by atoms with Gasteiger partial charge in [0.1, 0.15) is 5.75 Å². The molecule has 0 radical (unpaired) electrons. The van der Waals surface area contributed by atoms with E-state index in [0.717, 1.165) is 21.3 Å². The highest BCUT2D eigenvalue weighted by atomic mass is 79.9. The Labute approximate surface area is 132 Å². The van der Waals surface area contributed by atoms with E-state index in [9.17, 15) is 5.11 Å². The fraction of sp³-hybridized carbons (Fsp3) is 0.250. The van der Waals surface area contributed by atoms with Gasteiger partial charge in [0.05, 0.1) is 13.2 Å². The first-order valence-electron chi connectivity index (χ1n) is 6.33. The standard InChI is InChI=1S/C16H16BrClO2/c1-20-15-6-7-16(17)12(10-15)9-14(19)8-11-2-4-13(18)5-3-11/h2-7,10,14,19H,8-9H2,1H3. The molecule has 0 fully saturated rings. The number of aliphatic hydroxyl groups is 1. The molecule has 4 heteroatoms. The van der Waals surface area contributed by atoms with Crippen molar-refractivity contribution < 1.29 is 9.84 Å². The van der Waals surface area contributed by atoms with Gasteiger partial charge in [0.2, 0.25) is 0 Å². The Morgan fingerprint density at radius 1 is 1.15 bits per heavy atom. The molecule has 2 aromatic carbocycles. The van der Waals surface area contributed by atoms with Crippen LogP contribution in [0.5, 0.6) is 5.75 Å². The number of rotatable bonds is 5. The van der Waals surface area contributed by atoms with Crippen LogP contribution in [0.4, 0.5) is 0 Å². The van der Waals surface area contributed by atoms with Crippen molar-refractivity contribution in [3.8, 4) is 5.75 Å². The SMILES string of the molecule is COc1ccc(Br)c(CC(O)Cc2ccc(Cl)cc2)c1. The van der Waals surface area contributed by atoms with Crippen LogP contribution in [0, 0.1) is 0 Å². The summed E-state index contributed by atoms with van der Waals surface area (Å²) < 4.78 is 6.19. The van der Waals surface area contributed by atoms with Crippen LogP contribution in [0.1, 0.15) is 11.1 Å². The van der Waals surface area contributed by atoms with Crippen molar-refractivity contribution in [2.45, 2.75) is 18.9 Å². The largest absolute Gasteiger partial charge is 0.497 e. The lowest BCUT2D eigenvalue weighted by Gasteiger charge is -2.13. The van der Waals surface area contributed by atoms with Crippen molar-refractivity contribution >= 4 is 27.5 Å². The van der Waals surface area contributed by atoms with Crippen LogP contribution < -0.4 is 4.74 Å². The maximum atomic E-state index is 10.2. The topological polar surface area (TPSA) is 29.5 Å². The molecule has 0 aromatic heterocycles. The van der Waals surface area contributed by atoms with E-state index in [4.69, 9.17) is 16.3 Å². The van der Waals surface area contributed by atoms with Crippen molar-refractivity contribution in [1.29, 1.82) is 0 Å². The molecule has 2 rings (SSSR count). The highest BCUT2D eigenvalue weighted by Crippen LogP contribution is 2.24. The van der Waals surface area contributed by atoms with Crippen molar-refractivity contribution in [3.63, 3.8) is 0 Å². The zero-order valence-corrected chi connectivity index (χ0v) is 13.5. The lowest BCUT2D eigenvalue weighted by Crippen LogP contribution is -2.14. The van der Waals surface area contributed by atoms with Crippen molar-refractivity contribution in [2.75, 3.05) is 7.11 Å². The number of aliphatic hydroxyl groups excluding tert-OH is 1. The summed E-state index contributed by atoms with van der Waals surface area (Å²) in [6.07, 6.45) is 0.723. The monoisotopic (exact) mass is 354 g/mol. The van der Waals surface area contributed by atoms with E-state index in [2.05, 4.69) is 15.9 Å². The van der Waals surface area contributed by atoms with Gasteiger partial charge < -0.3 is 9.84 Å². The first kappa shape index (κ1) is 15.4. The molecule has 106 valence electrons. The molecule has 0 aliphatic heterocycles. The van der Waals surface area contributed by atoms with E-state index in [1.807, 2.05) is 42.5 Å². The number of halogens is 2. The summed E-state index contributed by atoms with van der Waals surface area (Å²) in [5.74, 6) is 0.793. The molecule has 0 heterocycles. The summed E-state index contributed by atoms with van der Waals surface area (Å²) in [6, 6.07) is 13.3. The summed E-state index contributed by atoms with van der Waals surface area (Å²) in [5.41, 5.74) is 2.10. The van der Waals surface area contributed by atoms with Gasteiger partial charge in [0.25, 0.3) is 0 Å². The number of hydrogen-bond acceptors (Lipinski definition) is 2. The van der Waals surface area contributed by atoms with E-state index in [1.54, 1.807) is 7.11 Å². The first-order valence-corrected chi connectivity index (χ1v) is 7.50. The third kappa shape index (κ3) is 4.23. The predicted octanol–water partition coefficient (Wildman–Crippen LogP) is 4.26. The second kappa shape index (κ2) is 7.11. The minimum atomic E-state index is -0.445. The van der Waals surface area contributed by atoms with Crippen LogP contribution in [-0.2, 0) is 12.8 Å². The van der Waals surface area contributed by atoms with Gasteiger partial charge in [-0.25, -0.2) is 0 Å². The summed E-state index contributed by atoms with van der Waals surface area (Å²) >= 11 is 9.35. The summed E-state index contributed by atoms with van der Waals surface area (Å²) in [4.78, 5) is 0. The second-order valence-corrected chi connectivity index (χ2v) is 5.94. The Morgan fingerprint density at radius 3 is 2.50 bits per heavy atom. The average molecular weight is 356 g/mol. The third-order valence-corrected chi connectivity index (χ3v) is 4.12. The average Bonchev–Trinajstić information content (AvgIpc) is 2.44. The van der Waals surface area contributed by atoms with Crippen LogP contribution in [0.3, 0.4) is 0 Å². The minimum Gasteiger partial charge on any atom is -0.497 e. The normalized spacial score (nSPS) is 12.2. The molecule has 2 nitrogen and oxygen atoms in total. The maximum Gasteiger partial charge on any atom is 0.119 e. The fourth-order valence-corrected chi connectivity index (χ4v) is 2.59. The Balaban J connectivity index is 2.04. The van der Waals surface area contributed by atoms with Gasteiger partial charge in [0.15, 0.2) is 0 Å². The van der Waals surface area contributed by atoms with Gasteiger partial charge in [-0.2, -0.15) is 0 Å². The summed E-state index contributed by atoms with van der Waals surface area (Å²) in [6.45, 7) is 0. The molecule has 2 aromatic rings. The molecule has 0 aliphatic carbocycles. The summed E-state index contributed by atoms with van der Waals surface area (Å²) in [7, 11) is 1.64. The van der Waals surface area contributed by atoms with Gasteiger partial charge in [-0.1, -0.05) is 39.7 Å². The van der Waals surface area contributed by atoms with Gasteiger partial charge >= 0.3 is 0 Å². The quantitative estimate of drug-likeness (QED) is 0.868. The van der Waals surface area contributed by atoms with Gasteiger partial charge in [0, 0.05) is 9.50 Å². The van der Waals surface area contributed by atoms with Crippen molar-refractivity contribution in [3.05, 3.63) is 63.1 Å². The number of ether oxygens (including phenoxy) is 1. The van der Waals surface area contributed by atoms with Gasteiger partial charge in [-0.15, -0.1) is 0 Å². The molecule has 0 amide bonds. The maximum absolute atomic E-state index is 10.2. The molecular formula is C16H16BrClO2. The van der Waals surface area contributed by atoms with Gasteiger partial charge in [-0.3, -0.25) is 0 Å². The smallest absolute Gasteiger partial charge is 0.119 e. The van der Waals surface area contributed by atoms with Crippen LogP contribution in [0.25, 0.3) is 0 Å². The van der Waals surface area contributed by atoms with E-state index in [1.165, 1.54) is 0 Å². The lowest BCUT2D eigenvalue weighted by atomic mass is 10.0. The molecule has 1 atom stereocenters. The van der Waals surface area contributed by atoms with Crippen molar-refractivity contribution in [2.24, 2.45) is 0 Å². The highest BCUT2D eigenvalue weighted by molar-refractivity contribution is 9.10. The third-order valence-electron chi connectivity index (χ3n) is 3.09. The Hall–Kier alpha value is -1.03.